The van der Waals surface area contributed by atoms with E-state index in [0.717, 1.165) is 25.3 Å². The number of halogens is 1. The van der Waals surface area contributed by atoms with E-state index in [1.54, 1.807) is 30.3 Å². The minimum absolute atomic E-state index is 0. The number of aliphatic imine (C=N–C) groups is 1. The van der Waals surface area contributed by atoms with E-state index in [4.69, 9.17) is 4.74 Å². The van der Waals surface area contributed by atoms with Gasteiger partial charge in [-0.2, -0.15) is 0 Å². The first-order valence-corrected chi connectivity index (χ1v) is 10.5. The molecule has 2 unspecified atom stereocenters. The van der Waals surface area contributed by atoms with Crippen LogP contribution in [0.25, 0.3) is 0 Å². The molecular weight excluding hydrogens is 501 g/mol. The summed E-state index contributed by atoms with van der Waals surface area (Å²) in [6, 6.07) is 4.49. The fourth-order valence-electron chi connectivity index (χ4n) is 2.91. The number of nitrogens with zero attached hydrogens (tertiary/aromatic N) is 3. The van der Waals surface area contributed by atoms with Gasteiger partial charge >= 0.3 is 0 Å². The average molecular weight is 535 g/mol. The van der Waals surface area contributed by atoms with Crippen LogP contribution in [-0.4, -0.2) is 81.2 Å². The number of likely N-dealkylation sites (N-methyl/N-ethyl adjacent to an activating group) is 1. The zero-order valence-electron chi connectivity index (χ0n) is 17.8. The SMILES string of the molecule is C=C(C)CNC(=NCC(=O)N(C)C)NCC(c1cccs1)N1CCOC(C)C1.I. The average Bonchev–Trinajstić information content (AvgIpc) is 3.17. The van der Waals surface area contributed by atoms with Crippen LogP contribution in [0.4, 0.5) is 0 Å². The molecule has 0 aliphatic carbocycles. The molecule has 1 aliphatic rings. The highest BCUT2D eigenvalue weighted by Crippen LogP contribution is 2.26. The van der Waals surface area contributed by atoms with Crippen molar-refractivity contribution in [1.82, 2.24) is 20.4 Å². The molecule has 2 N–H and O–H groups in total. The number of rotatable bonds is 8. The molecule has 1 fully saturated rings. The number of carbonyl (C=O) groups is 1. The van der Waals surface area contributed by atoms with Crippen LogP contribution in [0.15, 0.2) is 34.7 Å². The zero-order chi connectivity index (χ0) is 20.5. The second kappa shape index (κ2) is 13.2. The number of hydrogen-bond donors (Lipinski definition) is 2. The Hall–Kier alpha value is -1.17. The van der Waals surface area contributed by atoms with Crippen molar-refractivity contribution in [3.05, 3.63) is 34.5 Å². The standard InChI is InChI=1S/C20H33N5O2S.HI/c1-15(2)11-21-20(23-13-19(26)24(4)5)22-12-17(18-7-6-10-28-18)25-8-9-27-16(3)14-25;/h6-7,10,16-17H,1,8-9,11-14H2,2-5H3,(H2,21,22,23);1H. The van der Waals surface area contributed by atoms with E-state index >= 15 is 0 Å². The summed E-state index contributed by atoms with van der Waals surface area (Å²) < 4.78 is 5.71. The largest absolute Gasteiger partial charge is 0.376 e. The summed E-state index contributed by atoms with van der Waals surface area (Å²) in [6.07, 6.45) is 0.226. The Kier molecular flexibility index (Phi) is 11.8. The summed E-state index contributed by atoms with van der Waals surface area (Å²) in [5, 5.41) is 8.78. The second-order valence-corrected chi connectivity index (χ2v) is 8.33. The van der Waals surface area contributed by atoms with Gasteiger partial charge in [0.05, 0.1) is 18.8 Å². The monoisotopic (exact) mass is 535 g/mol. The molecule has 164 valence electrons. The van der Waals surface area contributed by atoms with Gasteiger partial charge in [-0.3, -0.25) is 9.69 Å². The van der Waals surface area contributed by atoms with Crippen LogP contribution in [0, 0.1) is 0 Å². The molecule has 0 radical (unpaired) electrons. The lowest BCUT2D eigenvalue weighted by Crippen LogP contribution is -2.48. The van der Waals surface area contributed by atoms with Crippen molar-refractivity contribution < 1.29 is 9.53 Å². The third-order valence-electron chi connectivity index (χ3n) is 4.48. The molecule has 1 aliphatic heterocycles. The van der Waals surface area contributed by atoms with Gasteiger partial charge in [0.2, 0.25) is 5.91 Å². The van der Waals surface area contributed by atoms with Crippen molar-refractivity contribution in [2.45, 2.75) is 26.0 Å². The number of hydrogen-bond acceptors (Lipinski definition) is 5. The molecule has 2 atom stereocenters. The number of morpholine rings is 1. The summed E-state index contributed by atoms with van der Waals surface area (Å²) in [5.74, 6) is 0.592. The Balaban J connectivity index is 0.00000420. The quantitative estimate of drug-likeness (QED) is 0.232. The second-order valence-electron chi connectivity index (χ2n) is 7.35. The third kappa shape index (κ3) is 9.02. The molecule has 0 spiro atoms. The lowest BCUT2D eigenvalue weighted by Gasteiger charge is -2.37. The first-order valence-electron chi connectivity index (χ1n) is 9.62. The van der Waals surface area contributed by atoms with Crippen LogP contribution in [-0.2, 0) is 9.53 Å². The van der Waals surface area contributed by atoms with Gasteiger partial charge in [-0.05, 0) is 25.3 Å². The Morgan fingerprint density at radius 3 is 2.83 bits per heavy atom. The van der Waals surface area contributed by atoms with E-state index in [2.05, 4.69) is 51.5 Å². The maximum Gasteiger partial charge on any atom is 0.243 e. The highest BCUT2D eigenvalue weighted by atomic mass is 127. The molecule has 29 heavy (non-hydrogen) atoms. The Bertz CT molecular complexity index is 666. The van der Waals surface area contributed by atoms with Crippen molar-refractivity contribution in [2.24, 2.45) is 4.99 Å². The minimum atomic E-state index is -0.0340. The number of thiophene rings is 1. The predicted molar refractivity (Wildman–Crippen MR) is 131 cm³/mol. The van der Waals surface area contributed by atoms with Gasteiger partial charge in [0, 0.05) is 45.2 Å². The molecule has 1 aromatic rings. The molecule has 1 amide bonds. The van der Waals surface area contributed by atoms with Crippen molar-refractivity contribution in [2.75, 3.05) is 53.4 Å². The van der Waals surface area contributed by atoms with Gasteiger partial charge in [-0.25, -0.2) is 4.99 Å². The summed E-state index contributed by atoms with van der Waals surface area (Å²) in [4.78, 5) is 21.7. The van der Waals surface area contributed by atoms with E-state index in [0.29, 0.717) is 19.0 Å². The topological polar surface area (TPSA) is 69.2 Å². The number of nitrogens with one attached hydrogen (secondary N) is 2. The predicted octanol–water partition coefficient (Wildman–Crippen LogP) is 2.33. The number of ether oxygens (including phenoxy) is 1. The Morgan fingerprint density at radius 2 is 2.24 bits per heavy atom. The summed E-state index contributed by atoms with van der Waals surface area (Å²) in [7, 11) is 3.47. The van der Waals surface area contributed by atoms with Crippen LogP contribution >= 0.6 is 35.3 Å². The molecule has 7 nitrogen and oxygen atoms in total. The summed E-state index contributed by atoms with van der Waals surface area (Å²) >= 11 is 1.76. The molecule has 9 heteroatoms. The van der Waals surface area contributed by atoms with Crippen molar-refractivity contribution in [1.29, 1.82) is 0 Å². The van der Waals surface area contributed by atoms with E-state index < -0.39 is 0 Å². The van der Waals surface area contributed by atoms with Gasteiger partial charge < -0.3 is 20.3 Å². The third-order valence-corrected chi connectivity index (χ3v) is 5.45. The van der Waals surface area contributed by atoms with Crippen molar-refractivity contribution in [3.8, 4) is 0 Å². The van der Waals surface area contributed by atoms with E-state index in [-0.39, 0.29) is 48.6 Å². The normalized spacial score (nSPS) is 18.5. The van der Waals surface area contributed by atoms with Gasteiger partial charge in [-0.15, -0.1) is 35.3 Å². The highest BCUT2D eigenvalue weighted by molar-refractivity contribution is 14.0. The fourth-order valence-corrected chi connectivity index (χ4v) is 3.77. The van der Waals surface area contributed by atoms with E-state index in [1.165, 1.54) is 4.88 Å². The first kappa shape index (κ1) is 25.9. The Labute approximate surface area is 195 Å². The molecule has 0 saturated carbocycles. The van der Waals surface area contributed by atoms with Gasteiger partial charge in [0.1, 0.15) is 6.54 Å². The summed E-state index contributed by atoms with van der Waals surface area (Å²) in [5.41, 5.74) is 1.00. The number of amides is 1. The molecule has 2 rings (SSSR count). The minimum Gasteiger partial charge on any atom is -0.376 e. The van der Waals surface area contributed by atoms with Crippen molar-refractivity contribution in [3.63, 3.8) is 0 Å². The van der Waals surface area contributed by atoms with E-state index in [9.17, 15) is 4.79 Å². The Morgan fingerprint density at radius 1 is 1.48 bits per heavy atom. The van der Waals surface area contributed by atoms with Gasteiger partial charge in [-0.1, -0.05) is 18.2 Å². The van der Waals surface area contributed by atoms with Gasteiger partial charge in [0.25, 0.3) is 0 Å². The molecular formula is C20H34IN5O2S. The molecule has 1 aromatic heterocycles. The maximum atomic E-state index is 11.9. The van der Waals surface area contributed by atoms with Crippen LogP contribution in [0.2, 0.25) is 0 Å². The molecule has 0 aromatic carbocycles. The van der Waals surface area contributed by atoms with Crippen molar-refractivity contribution >= 4 is 47.2 Å². The van der Waals surface area contributed by atoms with Crippen LogP contribution < -0.4 is 10.6 Å². The molecule has 1 saturated heterocycles. The van der Waals surface area contributed by atoms with E-state index in [1.807, 2.05) is 6.92 Å². The van der Waals surface area contributed by atoms with Crippen LogP contribution in [0.5, 0.6) is 0 Å². The van der Waals surface area contributed by atoms with Crippen LogP contribution in [0.3, 0.4) is 0 Å². The lowest BCUT2D eigenvalue weighted by molar-refractivity contribution is -0.127. The first-order chi connectivity index (χ1) is 13.4. The molecule has 2 heterocycles. The van der Waals surface area contributed by atoms with Gasteiger partial charge in [0.15, 0.2) is 5.96 Å². The highest BCUT2D eigenvalue weighted by Gasteiger charge is 2.26. The van der Waals surface area contributed by atoms with Crippen LogP contribution in [0.1, 0.15) is 24.8 Å². The maximum absolute atomic E-state index is 11.9. The number of guanidine groups is 1. The number of carbonyl (C=O) groups excluding carboxylic acids is 1. The summed E-state index contributed by atoms with van der Waals surface area (Å²) in [6.45, 7) is 12.0. The lowest BCUT2D eigenvalue weighted by atomic mass is 10.1. The fraction of sp³-hybridized carbons (Fsp3) is 0.600. The molecule has 0 bridgehead atoms. The zero-order valence-corrected chi connectivity index (χ0v) is 21.0. The smallest absolute Gasteiger partial charge is 0.243 e.